The third-order valence-electron chi connectivity index (χ3n) is 2.42. The Morgan fingerprint density at radius 1 is 1.57 bits per heavy atom. The number of hydrogen-bond acceptors (Lipinski definition) is 3. The SMILES string of the molecule is CCC1(O)CCN1C(=O)OC(C)(C)C. The van der Waals surface area contributed by atoms with Crippen LogP contribution in [0.25, 0.3) is 0 Å². The number of amides is 1. The molecule has 1 rings (SSSR count). The van der Waals surface area contributed by atoms with Gasteiger partial charge in [0.25, 0.3) is 0 Å². The second-order valence-corrected chi connectivity index (χ2v) is 4.72. The van der Waals surface area contributed by atoms with E-state index < -0.39 is 17.4 Å². The lowest BCUT2D eigenvalue weighted by atomic mass is 9.96. The monoisotopic (exact) mass is 201 g/mol. The number of ether oxygens (including phenoxy) is 1. The molecule has 1 heterocycles. The summed E-state index contributed by atoms with van der Waals surface area (Å²) in [5.41, 5.74) is -1.47. The second-order valence-electron chi connectivity index (χ2n) is 4.72. The van der Waals surface area contributed by atoms with Crippen LogP contribution in [0.3, 0.4) is 0 Å². The molecule has 1 amide bonds. The lowest BCUT2D eigenvalue weighted by Crippen LogP contribution is -2.62. The summed E-state index contributed by atoms with van der Waals surface area (Å²) in [5.74, 6) is 0. The lowest BCUT2D eigenvalue weighted by Gasteiger charge is -2.48. The molecular weight excluding hydrogens is 182 g/mol. The zero-order valence-corrected chi connectivity index (χ0v) is 9.33. The molecule has 4 heteroatoms. The molecule has 0 spiro atoms. The molecule has 0 saturated carbocycles. The van der Waals surface area contributed by atoms with Crippen LogP contribution in [0.5, 0.6) is 0 Å². The molecule has 4 nitrogen and oxygen atoms in total. The molecule has 1 saturated heterocycles. The normalized spacial score (nSPS) is 27.1. The van der Waals surface area contributed by atoms with Crippen molar-refractivity contribution < 1.29 is 14.6 Å². The van der Waals surface area contributed by atoms with Gasteiger partial charge in [0.15, 0.2) is 0 Å². The van der Waals surface area contributed by atoms with E-state index in [0.29, 0.717) is 19.4 Å². The quantitative estimate of drug-likeness (QED) is 0.702. The number of hydrogen-bond donors (Lipinski definition) is 1. The first-order chi connectivity index (χ1) is 6.28. The average molecular weight is 201 g/mol. The van der Waals surface area contributed by atoms with Crippen LogP contribution in [-0.4, -0.2) is 34.0 Å². The van der Waals surface area contributed by atoms with Crippen molar-refractivity contribution in [2.24, 2.45) is 0 Å². The van der Waals surface area contributed by atoms with Crippen molar-refractivity contribution in [2.45, 2.75) is 51.9 Å². The minimum absolute atomic E-state index is 0.423. The van der Waals surface area contributed by atoms with E-state index in [1.54, 1.807) is 0 Å². The molecule has 1 fully saturated rings. The standard InChI is InChI=1S/C10H19NO3/c1-5-10(13)6-7-11(10)8(12)14-9(2,3)4/h13H,5-7H2,1-4H3. The van der Waals surface area contributed by atoms with E-state index in [-0.39, 0.29) is 0 Å². The van der Waals surface area contributed by atoms with E-state index in [1.165, 1.54) is 4.90 Å². The van der Waals surface area contributed by atoms with Gasteiger partial charge in [0.1, 0.15) is 11.3 Å². The van der Waals surface area contributed by atoms with Gasteiger partial charge in [-0.2, -0.15) is 0 Å². The van der Waals surface area contributed by atoms with Gasteiger partial charge in [-0.25, -0.2) is 4.79 Å². The van der Waals surface area contributed by atoms with E-state index in [2.05, 4.69) is 0 Å². The molecular formula is C10H19NO3. The molecule has 14 heavy (non-hydrogen) atoms. The Hall–Kier alpha value is -0.770. The van der Waals surface area contributed by atoms with Crippen molar-refractivity contribution >= 4 is 6.09 Å². The molecule has 1 aliphatic rings. The lowest BCUT2D eigenvalue weighted by molar-refractivity contribution is -0.170. The third kappa shape index (κ3) is 2.18. The van der Waals surface area contributed by atoms with Crippen LogP contribution in [0.1, 0.15) is 40.5 Å². The Morgan fingerprint density at radius 3 is 2.43 bits per heavy atom. The van der Waals surface area contributed by atoms with Gasteiger partial charge < -0.3 is 9.84 Å². The molecule has 1 atom stereocenters. The molecule has 0 aromatic rings. The van der Waals surface area contributed by atoms with E-state index in [0.717, 1.165) is 0 Å². The van der Waals surface area contributed by atoms with Crippen molar-refractivity contribution in [3.8, 4) is 0 Å². The highest BCUT2D eigenvalue weighted by atomic mass is 16.6. The Kier molecular flexibility index (Phi) is 2.76. The van der Waals surface area contributed by atoms with Gasteiger partial charge >= 0.3 is 6.09 Å². The van der Waals surface area contributed by atoms with Crippen LogP contribution >= 0.6 is 0 Å². The number of likely N-dealkylation sites (tertiary alicyclic amines) is 1. The van der Waals surface area contributed by atoms with E-state index in [1.807, 2.05) is 27.7 Å². The fourth-order valence-electron chi connectivity index (χ4n) is 1.43. The average Bonchev–Trinajstić information content (AvgIpc) is 1.97. The van der Waals surface area contributed by atoms with Crippen LogP contribution < -0.4 is 0 Å². The zero-order chi connectivity index (χ0) is 11.0. The van der Waals surface area contributed by atoms with Gasteiger partial charge in [-0.15, -0.1) is 0 Å². The maximum absolute atomic E-state index is 11.6. The molecule has 0 aromatic carbocycles. The fourth-order valence-corrected chi connectivity index (χ4v) is 1.43. The molecule has 0 aliphatic carbocycles. The predicted molar refractivity (Wildman–Crippen MR) is 52.8 cm³/mol. The summed E-state index contributed by atoms with van der Waals surface area (Å²) in [6.45, 7) is 7.89. The summed E-state index contributed by atoms with van der Waals surface area (Å²) in [6, 6.07) is 0. The van der Waals surface area contributed by atoms with E-state index >= 15 is 0 Å². The van der Waals surface area contributed by atoms with Crippen molar-refractivity contribution in [3.05, 3.63) is 0 Å². The van der Waals surface area contributed by atoms with Gasteiger partial charge in [0, 0.05) is 13.0 Å². The topological polar surface area (TPSA) is 49.8 Å². The highest BCUT2D eigenvalue weighted by Gasteiger charge is 2.46. The predicted octanol–water partition coefficient (Wildman–Crippen LogP) is 1.73. The molecule has 0 radical (unpaired) electrons. The first kappa shape index (κ1) is 11.3. The Morgan fingerprint density at radius 2 is 2.14 bits per heavy atom. The number of nitrogens with zero attached hydrogens (tertiary/aromatic N) is 1. The van der Waals surface area contributed by atoms with Gasteiger partial charge in [0.2, 0.25) is 0 Å². The smallest absolute Gasteiger partial charge is 0.412 e. The van der Waals surface area contributed by atoms with Crippen molar-refractivity contribution in [3.63, 3.8) is 0 Å². The first-order valence-electron chi connectivity index (χ1n) is 5.01. The summed E-state index contributed by atoms with van der Waals surface area (Å²) in [4.78, 5) is 12.9. The number of rotatable bonds is 1. The fraction of sp³-hybridized carbons (Fsp3) is 0.900. The van der Waals surface area contributed by atoms with Crippen molar-refractivity contribution in [1.29, 1.82) is 0 Å². The highest BCUT2D eigenvalue weighted by molar-refractivity contribution is 5.70. The summed E-state index contributed by atoms with van der Waals surface area (Å²) < 4.78 is 5.17. The van der Waals surface area contributed by atoms with Gasteiger partial charge in [-0.05, 0) is 27.2 Å². The highest BCUT2D eigenvalue weighted by Crippen LogP contribution is 2.32. The zero-order valence-electron chi connectivity index (χ0n) is 9.33. The maximum Gasteiger partial charge on any atom is 0.412 e. The van der Waals surface area contributed by atoms with Crippen LogP contribution in [0.2, 0.25) is 0 Å². The number of aliphatic hydroxyl groups is 1. The summed E-state index contributed by atoms with van der Waals surface area (Å²) in [7, 11) is 0. The summed E-state index contributed by atoms with van der Waals surface area (Å²) in [6.07, 6.45) is 0.766. The molecule has 1 N–H and O–H groups in total. The van der Waals surface area contributed by atoms with E-state index in [9.17, 15) is 9.90 Å². The third-order valence-corrected chi connectivity index (χ3v) is 2.42. The molecule has 1 unspecified atom stereocenters. The summed E-state index contributed by atoms with van der Waals surface area (Å²) >= 11 is 0. The molecule has 82 valence electrons. The van der Waals surface area contributed by atoms with Crippen LogP contribution in [0.4, 0.5) is 4.79 Å². The molecule has 0 aromatic heterocycles. The largest absolute Gasteiger partial charge is 0.444 e. The summed E-state index contributed by atoms with van der Waals surface area (Å²) in [5, 5.41) is 9.87. The Balaban J connectivity index is 2.55. The van der Waals surface area contributed by atoms with Crippen LogP contribution in [0, 0.1) is 0 Å². The van der Waals surface area contributed by atoms with Gasteiger partial charge in [0.05, 0.1) is 0 Å². The van der Waals surface area contributed by atoms with Crippen molar-refractivity contribution in [2.75, 3.05) is 6.54 Å². The maximum atomic E-state index is 11.6. The number of carbonyl (C=O) groups is 1. The van der Waals surface area contributed by atoms with Crippen molar-refractivity contribution in [1.82, 2.24) is 4.90 Å². The molecule has 0 bridgehead atoms. The van der Waals surface area contributed by atoms with Gasteiger partial charge in [-0.3, -0.25) is 4.90 Å². The minimum Gasteiger partial charge on any atom is -0.444 e. The number of carbonyl (C=O) groups excluding carboxylic acids is 1. The van der Waals surface area contributed by atoms with Crippen LogP contribution in [-0.2, 0) is 4.74 Å². The van der Waals surface area contributed by atoms with E-state index in [4.69, 9.17) is 4.74 Å². The minimum atomic E-state index is -0.970. The van der Waals surface area contributed by atoms with Gasteiger partial charge in [-0.1, -0.05) is 6.92 Å². The first-order valence-corrected chi connectivity index (χ1v) is 5.01. The Bertz CT molecular complexity index is 230. The van der Waals surface area contributed by atoms with Crippen LogP contribution in [0.15, 0.2) is 0 Å². The molecule has 1 aliphatic heterocycles. The Labute approximate surface area is 84.8 Å². The second kappa shape index (κ2) is 3.42.